The Labute approximate surface area is 101 Å². The van der Waals surface area contributed by atoms with Crippen molar-refractivity contribution in [3.05, 3.63) is 11.6 Å². The van der Waals surface area contributed by atoms with Gasteiger partial charge in [-0.2, -0.15) is 0 Å². The molecule has 0 aromatic carbocycles. The van der Waals surface area contributed by atoms with Crippen LogP contribution in [0.1, 0.15) is 12.8 Å². The van der Waals surface area contributed by atoms with Crippen molar-refractivity contribution in [3.8, 4) is 0 Å². The highest BCUT2D eigenvalue weighted by atomic mass is 35.5. The topological polar surface area (TPSA) is 42.1 Å². The smallest absolute Gasteiger partial charge is 0.185 e. The summed E-state index contributed by atoms with van der Waals surface area (Å²) in [4.78, 5) is 6.58. The van der Waals surface area contributed by atoms with E-state index in [1.807, 2.05) is 11.6 Å². The largest absolute Gasteiger partial charge is 0.348 e. The van der Waals surface area contributed by atoms with Crippen molar-refractivity contribution >= 4 is 41.3 Å². The van der Waals surface area contributed by atoms with Gasteiger partial charge in [0.15, 0.2) is 5.13 Å². The molecule has 2 N–H and O–H groups in total. The number of nitrogens with zero attached hydrogens (tertiary/aromatic N) is 2. The molecule has 3 nitrogen and oxygen atoms in total. The predicted octanol–water partition coefficient (Wildman–Crippen LogP) is 1.91. The lowest BCUT2D eigenvalue weighted by molar-refractivity contribution is 0.501. The quantitative estimate of drug-likeness (QED) is 0.834. The summed E-state index contributed by atoms with van der Waals surface area (Å²) in [5, 5.41) is 3.16. The monoisotopic (exact) mass is 255 g/mol. The molecule has 0 atom stereocenters. The van der Waals surface area contributed by atoms with E-state index in [4.69, 9.17) is 5.73 Å². The van der Waals surface area contributed by atoms with Crippen molar-refractivity contribution in [3.63, 3.8) is 0 Å². The Morgan fingerprint density at radius 3 is 2.50 bits per heavy atom. The third kappa shape index (κ3) is 3.28. The van der Waals surface area contributed by atoms with Crippen LogP contribution in [0.4, 0.5) is 5.13 Å². The molecule has 0 amide bonds. The minimum absolute atomic E-state index is 0. The van der Waals surface area contributed by atoms with Crippen molar-refractivity contribution in [1.82, 2.24) is 4.98 Å². The fourth-order valence-electron chi connectivity index (χ4n) is 1.46. The van der Waals surface area contributed by atoms with Crippen LogP contribution in [0, 0.1) is 0 Å². The maximum Gasteiger partial charge on any atom is 0.185 e. The zero-order valence-electron chi connectivity index (χ0n) is 7.76. The van der Waals surface area contributed by atoms with Crippen LogP contribution in [0.25, 0.3) is 0 Å². The van der Waals surface area contributed by atoms with E-state index in [0.29, 0.717) is 6.04 Å². The molecular weight excluding hydrogens is 241 g/mol. The number of anilines is 1. The van der Waals surface area contributed by atoms with Gasteiger partial charge in [-0.3, -0.25) is 0 Å². The highest BCUT2D eigenvalue weighted by molar-refractivity contribution is 7.13. The van der Waals surface area contributed by atoms with E-state index in [2.05, 4.69) is 9.88 Å². The maximum absolute atomic E-state index is 5.81. The molecule has 1 aliphatic rings. The molecule has 6 heteroatoms. The van der Waals surface area contributed by atoms with E-state index in [1.54, 1.807) is 11.3 Å². The van der Waals surface area contributed by atoms with Crippen molar-refractivity contribution in [1.29, 1.82) is 0 Å². The number of aromatic nitrogens is 1. The number of rotatable bonds is 1. The third-order valence-electron chi connectivity index (χ3n) is 2.23. The second-order valence-electron chi connectivity index (χ2n) is 3.14. The van der Waals surface area contributed by atoms with Crippen molar-refractivity contribution in [2.24, 2.45) is 5.73 Å². The molecule has 0 spiro atoms. The second kappa shape index (κ2) is 6.45. The van der Waals surface area contributed by atoms with Gasteiger partial charge in [-0.05, 0) is 12.8 Å². The first-order chi connectivity index (χ1) is 5.86. The molecule has 0 bridgehead atoms. The van der Waals surface area contributed by atoms with Crippen LogP contribution >= 0.6 is 36.2 Å². The first kappa shape index (κ1) is 14.0. The zero-order chi connectivity index (χ0) is 8.39. The summed E-state index contributed by atoms with van der Waals surface area (Å²) in [7, 11) is 0. The van der Waals surface area contributed by atoms with E-state index in [9.17, 15) is 0 Å². The van der Waals surface area contributed by atoms with Gasteiger partial charge in [0.25, 0.3) is 0 Å². The Morgan fingerprint density at radius 1 is 1.36 bits per heavy atom. The Balaban J connectivity index is 0.000000845. The molecule has 1 saturated heterocycles. The molecule has 2 heterocycles. The second-order valence-corrected chi connectivity index (χ2v) is 4.01. The van der Waals surface area contributed by atoms with E-state index >= 15 is 0 Å². The van der Waals surface area contributed by atoms with Crippen LogP contribution in [0.5, 0.6) is 0 Å². The van der Waals surface area contributed by atoms with Gasteiger partial charge in [-0.25, -0.2) is 4.98 Å². The van der Waals surface area contributed by atoms with Crippen LogP contribution in [0.3, 0.4) is 0 Å². The van der Waals surface area contributed by atoms with Gasteiger partial charge in [0.2, 0.25) is 0 Å². The Kier molecular flexibility index (Phi) is 6.44. The number of hydrogen-bond acceptors (Lipinski definition) is 4. The van der Waals surface area contributed by atoms with E-state index in [0.717, 1.165) is 31.1 Å². The van der Waals surface area contributed by atoms with Gasteiger partial charge in [-0.1, -0.05) is 0 Å². The zero-order valence-corrected chi connectivity index (χ0v) is 10.2. The SMILES string of the molecule is Cl.Cl.NC1CCN(c2nccs2)CC1. The number of hydrogen-bond donors (Lipinski definition) is 1. The normalized spacial score (nSPS) is 17.1. The fraction of sp³-hybridized carbons (Fsp3) is 0.625. The fourth-order valence-corrected chi connectivity index (χ4v) is 2.16. The highest BCUT2D eigenvalue weighted by Gasteiger charge is 2.17. The third-order valence-corrected chi connectivity index (χ3v) is 3.06. The Bertz CT molecular complexity index is 235. The highest BCUT2D eigenvalue weighted by Crippen LogP contribution is 2.20. The van der Waals surface area contributed by atoms with Crippen molar-refractivity contribution < 1.29 is 0 Å². The average molecular weight is 256 g/mol. The van der Waals surface area contributed by atoms with Gasteiger partial charge in [-0.15, -0.1) is 36.2 Å². The first-order valence-electron chi connectivity index (χ1n) is 4.26. The standard InChI is InChI=1S/C8H13N3S.2ClH/c9-7-1-4-11(5-2-7)8-10-3-6-12-8;;/h3,6-7H,1-2,4-5,9H2;2*1H. The molecule has 82 valence electrons. The molecule has 2 rings (SSSR count). The number of nitrogens with two attached hydrogens (primary N) is 1. The molecule has 1 fully saturated rings. The Hall–Kier alpha value is -0.0300. The summed E-state index contributed by atoms with van der Waals surface area (Å²) in [5.41, 5.74) is 5.81. The van der Waals surface area contributed by atoms with Crippen LogP contribution in [-0.2, 0) is 0 Å². The number of halogens is 2. The number of piperidine rings is 1. The minimum atomic E-state index is 0. The maximum atomic E-state index is 5.81. The molecule has 1 aliphatic heterocycles. The van der Waals surface area contributed by atoms with Crippen LogP contribution < -0.4 is 10.6 Å². The molecule has 0 saturated carbocycles. The van der Waals surface area contributed by atoms with Gasteiger partial charge in [0, 0.05) is 30.7 Å². The molecule has 0 radical (unpaired) electrons. The number of thiazole rings is 1. The molecule has 14 heavy (non-hydrogen) atoms. The van der Waals surface area contributed by atoms with Crippen LogP contribution in [-0.4, -0.2) is 24.1 Å². The van der Waals surface area contributed by atoms with E-state index in [1.165, 1.54) is 0 Å². The van der Waals surface area contributed by atoms with Crippen molar-refractivity contribution in [2.45, 2.75) is 18.9 Å². The van der Waals surface area contributed by atoms with E-state index in [-0.39, 0.29) is 24.8 Å². The molecule has 1 aromatic rings. The summed E-state index contributed by atoms with van der Waals surface area (Å²) in [6, 6.07) is 0.404. The van der Waals surface area contributed by atoms with Gasteiger partial charge in [0.05, 0.1) is 0 Å². The lowest BCUT2D eigenvalue weighted by Gasteiger charge is -2.29. The first-order valence-corrected chi connectivity index (χ1v) is 5.14. The summed E-state index contributed by atoms with van der Waals surface area (Å²) >= 11 is 1.70. The van der Waals surface area contributed by atoms with Gasteiger partial charge < -0.3 is 10.6 Å². The lowest BCUT2D eigenvalue weighted by atomic mass is 10.1. The average Bonchev–Trinajstić information content (AvgIpc) is 2.58. The molecule has 1 aromatic heterocycles. The van der Waals surface area contributed by atoms with Crippen LogP contribution in [0.15, 0.2) is 11.6 Å². The Morgan fingerprint density at radius 2 is 2.00 bits per heavy atom. The summed E-state index contributed by atoms with van der Waals surface area (Å²) < 4.78 is 0. The minimum Gasteiger partial charge on any atom is -0.348 e. The van der Waals surface area contributed by atoms with Crippen molar-refractivity contribution in [2.75, 3.05) is 18.0 Å². The van der Waals surface area contributed by atoms with Gasteiger partial charge >= 0.3 is 0 Å². The van der Waals surface area contributed by atoms with Crippen LogP contribution in [0.2, 0.25) is 0 Å². The summed E-state index contributed by atoms with van der Waals surface area (Å²) in [6.45, 7) is 2.13. The van der Waals surface area contributed by atoms with Gasteiger partial charge in [0.1, 0.15) is 0 Å². The lowest BCUT2D eigenvalue weighted by Crippen LogP contribution is -2.39. The predicted molar refractivity (Wildman–Crippen MR) is 66.0 cm³/mol. The van der Waals surface area contributed by atoms with E-state index < -0.39 is 0 Å². The molecule has 0 aliphatic carbocycles. The summed E-state index contributed by atoms with van der Waals surface area (Å²) in [5.74, 6) is 0. The molecular formula is C8H15Cl2N3S. The summed E-state index contributed by atoms with van der Waals surface area (Å²) in [6.07, 6.45) is 4.05. The molecule has 0 unspecified atom stereocenters.